The Balaban J connectivity index is 1.38. The van der Waals surface area contributed by atoms with Crippen LogP contribution in [0, 0.1) is 18.3 Å². The maximum Gasteiger partial charge on any atom is 0.266 e. The summed E-state index contributed by atoms with van der Waals surface area (Å²) < 4.78 is 0. The van der Waals surface area contributed by atoms with Gasteiger partial charge in [0.15, 0.2) is 0 Å². The van der Waals surface area contributed by atoms with Gasteiger partial charge in [-0.1, -0.05) is 77.8 Å². The Hall–Kier alpha value is -4.59. The Morgan fingerprint density at radius 3 is 2.16 bits per heavy atom. The number of nitrogens with one attached hydrogen (secondary N) is 3. The van der Waals surface area contributed by atoms with Gasteiger partial charge in [-0.2, -0.15) is 5.26 Å². The normalized spacial score (nSPS) is 11.2. The zero-order chi connectivity index (χ0) is 31.9. The molecule has 0 radical (unpaired) electrons. The number of benzene rings is 4. The largest absolute Gasteiger partial charge is 0.322 e. The number of carbonyl (C=O) groups is 3. The van der Waals surface area contributed by atoms with E-state index in [0.29, 0.717) is 36.7 Å². The summed E-state index contributed by atoms with van der Waals surface area (Å²) in [4.78, 5) is 40.8. The van der Waals surface area contributed by atoms with E-state index in [2.05, 4.69) is 22.0 Å². The van der Waals surface area contributed by atoms with Gasteiger partial charge in [-0.05, 0) is 66.6 Å². The van der Waals surface area contributed by atoms with Crippen molar-refractivity contribution in [1.29, 1.82) is 5.26 Å². The van der Waals surface area contributed by atoms with Crippen LogP contribution < -0.4 is 16.0 Å². The number of halogens is 2. The summed E-state index contributed by atoms with van der Waals surface area (Å²) in [5.74, 6) is -1.14. The number of rotatable bonds is 9. The van der Waals surface area contributed by atoms with Crippen LogP contribution in [-0.2, 0) is 4.79 Å². The van der Waals surface area contributed by atoms with Crippen molar-refractivity contribution in [1.82, 2.24) is 0 Å². The topological polar surface area (TPSA) is 111 Å². The first kappa shape index (κ1) is 31.8. The number of carbonyl (C=O) groups excluding carboxylic acids is 3. The summed E-state index contributed by atoms with van der Waals surface area (Å²) in [5, 5.41) is 18.7. The van der Waals surface area contributed by atoms with E-state index in [9.17, 15) is 19.6 Å². The van der Waals surface area contributed by atoms with Gasteiger partial charge < -0.3 is 16.0 Å². The van der Waals surface area contributed by atoms with Crippen molar-refractivity contribution in [2.24, 2.45) is 0 Å². The van der Waals surface area contributed by atoms with Crippen LogP contribution in [0.4, 0.5) is 16.4 Å². The summed E-state index contributed by atoms with van der Waals surface area (Å²) in [6.07, 6.45) is 0. The summed E-state index contributed by atoms with van der Waals surface area (Å²) >= 11 is 14.5. The average molecular weight is 672 g/mol. The van der Waals surface area contributed by atoms with Crippen LogP contribution in [0.1, 0.15) is 42.0 Å². The molecule has 0 bridgehead atoms. The highest BCUT2D eigenvalue weighted by Crippen LogP contribution is 2.39. The van der Waals surface area contributed by atoms with Crippen molar-refractivity contribution < 1.29 is 14.4 Å². The molecule has 0 aliphatic carbocycles. The highest BCUT2D eigenvalue weighted by Gasteiger charge is 2.27. The molecule has 1 aromatic heterocycles. The Bertz CT molecular complexity index is 1930. The van der Waals surface area contributed by atoms with Crippen molar-refractivity contribution in [3.05, 3.63) is 140 Å². The van der Waals surface area contributed by atoms with E-state index >= 15 is 0 Å². The van der Waals surface area contributed by atoms with Gasteiger partial charge in [0.1, 0.15) is 16.3 Å². The molecule has 11 heteroatoms. The number of thiophene rings is 1. The molecule has 0 saturated heterocycles. The smallest absolute Gasteiger partial charge is 0.266 e. The van der Waals surface area contributed by atoms with Crippen LogP contribution in [0.15, 0.2) is 108 Å². The van der Waals surface area contributed by atoms with Crippen LogP contribution in [-0.4, -0.2) is 17.7 Å². The third-order valence-corrected chi connectivity index (χ3v) is 9.60. The quantitative estimate of drug-likeness (QED) is 0.135. The third-order valence-electron chi connectivity index (χ3n) is 6.60. The number of hydrogen-bond acceptors (Lipinski definition) is 6. The Labute approximate surface area is 278 Å². The molecule has 0 aliphatic rings. The fraction of sp³-hybridized carbons (Fsp3) is 0.0588. The van der Waals surface area contributed by atoms with Crippen molar-refractivity contribution >= 4 is 80.4 Å². The number of thioether (sulfide) groups is 1. The van der Waals surface area contributed by atoms with Crippen molar-refractivity contribution in [3.8, 4) is 6.07 Å². The molecule has 0 aliphatic heterocycles. The van der Waals surface area contributed by atoms with Gasteiger partial charge in [0.05, 0.1) is 21.0 Å². The van der Waals surface area contributed by atoms with Crippen molar-refractivity contribution in [2.45, 2.75) is 17.1 Å². The van der Waals surface area contributed by atoms with E-state index in [1.165, 1.54) is 17.8 Å². The standard InChI is InChI=1S/C34H24Cl2N4O3S2/c1-20-27(19-37)34(45-29(20)32(42)38-23-11-6-3-7-12-23)40-33(43)30(21-9-4-2-5-10-21)44-25-14-8-13-24(18-25)39-31(41)26-16-15-22(35)17-28(26)36/h2-18,30H,1H3,(H,38,42)(H,39,41)(H,40,43). The summed E-state index contributed by atoms with van der Waals surface area (Å²) in [7, 11) is 0. The molecule has 3 amide bonds. The van der Waals surface area contributed by atoms with E-state index in [4.69, 9.17) is 23.2 Å². The van der Waals surface area contributed by atoms with Crippen LogP contribution in [0.5, 0.6) is 0 Å². The lowest BCUT2D eigenvalue weighted by Gasteiger charge is -2.17. The molecular formula is C34H24Cl2N4O3S2. The minimum absolute atomic E-state index is 0.229. The van der Waals surface area contributed by atoms with Crippen LogP contribution in [0.2, 0.25) is 10.0 Å². The van der Waals surface area contributed by atoms with Gasteiger partial charge in [0.25, 0.3) is 11.8 Å². The highest BCUT2D eigenvalue weighted by atomic mass is 35.5. The molecule has 1 unspecified atom stereocenters. The van der Waals surface area contributed by atoms with Crippen LogP contribution in [0.25, 0.3) is 0 Å². The first-order chi connectivity index (χ1) is 21.7. The zero-order valence-corrected chi connectivity index (χ0v) is 26.8. The molecule has 224 valence electrons. The summed E-state index contributed by atoms with van der Waals surface area (Å²) in [6, 6.07) is 32.1. The predicted octanol–water partition coefficient (Wildman–Crippen LogP) is 9.21. The molecule has 0 saturated carbocycles. The first-order valence-electron chi connectivity index (χ1n) is 13.5. The van der Waals surface area contributed by atoms with Crippen LogP contribution >= 0.6 is 46.3 Å². The molecule has 1 heterocycles. The number of amides is 3. The Kier molecular flexibility index (Phi) is 10.2. The molecule has 1 atom stereocenters. The molecule has 45 heavy (non-hydrogen) atoms. The summed E-state index contributed by atoms with van der Waals surface area (Å²) in [5.41, 5.74) is 2.86. The highest BCUT2D eigenvalue weighted by molar-refractivity contribution is 8.00. The van der Waals surface area contributed by atoms with E-state index in [0.717, 1.165) is 16.9 Å². The lowest BCUT2D eigenvalue weighted by atomic mass is 10.1. The molecule has 0 fully saturated rings. The molecule has 5 rings (SSSR count). The van der Waals surface area contributed by atoms with Gasteiger partial charge in [-0.15, -0.1) is 23.1 Å². The zero-order valence-electron chi connectivity index (χ0n) is 23.6. The minimum atomic E-state index is -0.724. The van der Waals surface area contributed by atoms with Gasteiger partial charge in [0.2, 0.25) is 5.91 Å². The molecule has 5 aromatic rings. The fourth-order valence-electron chi connectivity index (χ4n) is 4.40. The second kappa shape index (κ2) is 14.5. The van der Waals surface area contributed by atoms with Gasteiger partial charge >= 0.3 is 0 Å². The number of nitriles is 1. The minimum Gasteiger partial charge on any atom is -0.322 e. The molecule has 3 N–H and O–H groups in total. The number of para-hydroxylation sites is 1. The van der Waals surface area contributed by atoms with E-state index in [1.54, 1.807) is 49.4 Å². The number of anilines is 3. The number of nitrogens with zero attached hydrogens (tertiary/aromatic N) is 1. The van der Waals surface area contributed by atoms with Gasteiger partial charge in [-0.25, -0.2) is 0 Å². The Morgan fingerprint density at radius 2 is 1.47 bits per heavy atom. The number of hydrogen-bond donors (Lipinski definition) is 3. The molecule has 0 spiro atoms. The predicted molar refractivity (Wildman–Crippen MR) is 183 cm³/mol. The first-order valence-corrected chi connectivity index (χ1v) is 16.0. The Morgan fingerprint density at radius 1 is 0.800 bits per heavy atom. The van der Waals surface area contributed by atoms with E-state index in [-0.39, 0.29) is 28.0 Å². The van der Waals surface area contributed by atoms with Gasteiger partial charge in [0, 0.05) is 21.3 Å². The van der Waals surface area contributed by atoms with E-state index < -0.39 is 11.2 Å². The maximum absolute atomic E-state index is 13.8. The van der Waals surface area contributed by atoms with Crippen molar-refractivity contribution in [3.63, 3.8) is 0 Å². The molecular weight excluding hydrogens is 647 g/mol. The van der Waals surface area contributed by atoms with Gasteiger partial charge in [-0.3, -0.25) is 14.4 Å². The van der Waals surface area contributed by atoms with Crippen LogP contribution in [0.3, 0.4) is 0 Å². The van der Waals surface area contributed by atoms with Crippen molar-refractivity contribution in [2.75, 3.05) is 16.0 Å². The lowest BCUT2D eigenvalue weighted by molar-refractivity contribution is -0.115. The average Bonchev–Trinajstić information content (AvgIpc) is 3.35. The lowest BCUT2D eigenvalue weighted by Crippen LogP contribution is -2.19. The molecule has 4 aromatic carbocycles. The maximum atomic E-state index is 13.8. The van der Waals surface area contributed by atoms with E-state index in [1.807, 2.05) is 54.6 Å². The SMILES string of the molecule is Cc1c(C(=O)Nc2ccccc2)sc(NC(=O)C(Sc2cccc(NC(=O)c3ccc(Cl)cc3Cl)c2)c2ccccc2)c1C#N. The fourth-order valence-corrected chi connectivity index (χ4v) is 7.03. The second-order valence-corrected chi connectivity index (χ2v) is 12.7. The monoisotopic (exact) mass is 670 g/mol. The third kappa shape index (κ3) is 7.74. The second-order valence-electron chi connectivity index (χ2n) is 9.70. The molecule has 7 nitrogen and oxygen atoms in total. The summed E-state index contributed by atoms with van der Waals surface area (Å²) in [6.45, 7) is 1.69.